The fourth-order valence-corrected chi connectivity index (χ4v) is 3.93. The highest BCUT2D eigenvalue weighted by atomic mass is 32.1. The number of carbonyl (C=O) groups excluding carboxylic acids is 1. The second kappa shape index (κ2) is 7.89. The molecule has 1 aromatic carbocycles. The van der Waals surface area contributed by atoms with E-state index in [1.165, 1.54) is 11.1 Å². The van der Waals surface area contributed by atoms with E-state index in [0.717, 1.165) is 31.5 Å². The van der Waals surface area contributed by atoms with Crippen molar-refractivity contribution in [2.24, 2.45) is 0 Å². The average molecular weight is 359 g/mol. The van der Waals surface area contributed by atoms with Crippen molar-refractivity contribution in [2.75, 3.05) is 27.2 Å². The van der Waals surface area contributed by atoms with Crippen LogP contribution in [0.15, 0.2) is 35.0 Å². The maximum absolute atomic E-state index is 12.6. The molecule has 2 amide bonds. The summed E-state index contributed by atoms with van der Waals surface area (Å²) in [6, 6.07) is 7.91. The molecule has 0 spiro atoms. The minimum atomic E-state index is 0.0496. The van der Waals surface area contributed by atoms with Gasteiger partial charge in [0.1, 0.15) is 5.75 Å². The van der Waals surface area contributed by atoms with Gasteiger partial charge in [-0.3, -0.25) is 0 Å². The summed E-state index contributed by atoms with van der Waals surface area (Å²) >= 11 is 1.69. The Morgan fingerprint density at radius 3 is 2.88 bits per heavy atom. The molecule has 3 rings (SSSR count). The largest absolute Gasteiger partial charge is 0.508 e. The van der Waals surface area contributed by atoms with Crippen molar-refractivity contribution in [3.63, 3.8) is 0 Å². The van der Waals surface area contributed by atoms with Crippen molar-refractivity contribution >= 4 is 17.4 Å². The Morgan fingerprint density at radius 1 is 1.28 bits per heavy atom. The monoisotopic (exact) mass is 359 g/mol. The SMILES string of the molecule is CN(CCc1ccsc1)C(=O)N(C)C[C@@H]1Cc2ccc(O)cc2CN1. The molecule has 6 heteroatoms. The summed E-state index contributed by atoms with van der Waals surface area (Å²) in [4.78, 5) is 16.1. The van der Waals surface area contributed by atoms with Crippen molar-refractivity contribution in [1.29, 1.82) is 0 Å². The summed E-state index contributed by atoms with van der Waals surface area (Å²) in [6.45, 7) is 2.12. The number of urea groups is 1. The lowest BCUT2D eigenvalue weighted by Gasteiger charge is -2.32. The van der Waals surface area contributed by atoms with E-state index >= 15 is 0 Å². The van der Waals surface area contributed by atoms with E-state index in [1.54, 1.807) is 27.2 Å². The number of nitrogens with one attached hydrogen (secondary N) is 1. The number of nitrogens with zero attached hydrogens (tertiary/aromatic N) is 2. The summed E-state index contributed by atoms with van der Waals surface area (Å²) in [7, 11) is 3.72. The Balaban J connectivity index is 1.50. The predicted octanol–water partition coefficient (Wildman–Crippen LogP) is 2.69. The van der Waals surface area contributed by atoms with Crippen LogP contribution in [0.3, 0.4) is 0 Å². The van der Waals surface area contributed by atoms with Gasteiger partial charge in [-0.15, -0.1) is 0 Å². The normalized spacial score (nSPS) is 16.3. The van der Waals surface area contributed by atoms with Gasteiger partial charge in [-0.2, -0.15) is 11.3 Å². The molecule has 0 saturated carbocycles. The van der Waals surface area contributed by atoms with Crippen molar-refractivity contribution in [2.45, 2.75) is 25.4 Å². The van der Waals surface area contributed by atoms with Gasteiger partial charge in [0.2, 0.25) is 0 Å². The third-order valence-electron chi connectivity index (χ3n) is 4.70. The highest BCUT2D eigenvalue weighted by molar-refractivity contribution is 7.07. The molecule has 5 nitrogen and oxygen atoms in total. The minimum Gasteiger partial charge on any atom is -0.508 e. The van der Waals surface area contributed by atoms with Crippen molar-refractivity contribution < 1.29 is 9.90 Å². The number of aromatic hydroxyl groups is 1. The van der Waals surface area contributed by atoms with Gasteiger partial charge in [0.15, 0.2) is 0 Å². The first-order chi connectivity index (χ1) is 12.0. The first kappa shape index (κ1) is 17.8. The number of phenolic OH excluding ortho intramolecular Hbond substituents is 1. The van der Waals surface area contributed by atoms with Gasteiger partial charge in [-0.25, -0.2) is 4.79 Å². The number of hydrogen-bond acceptors (Lipinski definition) is 4. The molecule has 0 aliphatic carbocycles. The van der Waals surface area contributed by atoms with Crippen molar-refractivity contribution in [3.8, 4) is 5.75 Å². The summed E-state index contributed by atoms with van der Waals surface area (Å²) < 4.78 is 0. The van der Waals surface area contributed by atoms with Crippen molar-refractivity contribution in [1.82, 2.24) is 15.1 Å². The molecule has 0 bridgehead atoms. The number of fused-ring (bicyclic) bond motifs is 1. The van der Waals surface area contributed by atoms with Gasteiger partial charge in [0.05, 0.1) is 0 Å². The summed E-state index contributed by atoms with van der Waals surface area (Å²) in [5, 5.41) is 17.2. The molecule has 2 aromatic rings. The molecule has 1 aliphatic rings. The van der Waals surface area contributed by atoms with Gasteiger partial charge in [0.25, 0.3) is 0 Å². The molecule has 1 atom stereocenters. The van der Waals surface area contributed by atoms with Gasteiger partial charge < -0.3 is 20.2 Å². The minimum absolute atomic E-state index is 0.0496. The maximum Gasteiger partial charge on any atom is 0.319 e. The predicted molar refractivity (Wildman–Crippen MR) is 101 cm³/mol. The fourth-order valence-electron chi connectivity index (χ4n) is 3.22. The van der Waals surface area contributed by atoms with Crippen LogP contribution < -0.4 is 5.32 Å². The molecule has 134 valence electrons. The number of thiophene rings is 1. The second-order valence-electron chi connectivity index (χ2n) is 6.70. The zero-order valence-corrected chi connectivity index (χ0v) is 15.6. The number of likely N-dealkylation sites (N-methyl/N-ethyl adjacent to an activating group) is 2. The smallest absolute Gasteiger partial charge is 0.319 e. The third kappa shape index (κ3) is 4.52. The summed E-state index contributed by atoms with van der Waals surface area (Å²) in [5.74, 6) is 0.304. The molecular weight excluding hydrogens is 334 g/mol. The molecule has 0 radical (unpaired) electrons. The number of hydrogen-bond donors (Lipinski definition) is 2. The van der Waals surface area contributed by atoms with Crippen LogP contribution in [0.2, 0.25) is 0 Å². The number of rotatable bonds is 5. The quantitative estimate of drug-likeness (QED) is 0.863. The molecular formula is C19H25N3O2S. The van der Waals surface area contributed by atoms with E-state index in [9.17, 15) is 9.90 Å². The van der Waals surface area contributed by atoms with Crippen LogP contribution in [0.1, 0.15) is 16.7 Å². The van der Waals surface area contributed by atoms with E-state index in [2.05, 4.69) is 22.1 Å². The number of amides is 2. The van der Waals surface area contributed by atoms with E-state index < -0.39 is 0 Å². The Labute approximate surface area is 152 Å². The second-order valence-corrected chi connectivity index (χ2v) is 7.48. The zero-order valence-electron chi connectivity index (χ0n) is 14.7. The van der Waals surface area contributed by atoms with Crippen LogP contribution in [0, 0.1) is 0 Å². The van der Waals surface area contributed by atoms with Crippen LogP contribution >= 0.6 is 11.3 Å². The molecule has 1 aliphatic heterocycles. The lowest BCUT2D eigenvalue weighted by Crippen LogP contribution is -2.48. The number of carbonyl (C=O) groups is 1. The van der Waals surface area contributed by atoms with Gasteiger partial charge in [-0.1, -0.05) is 6.07 Å². The molecule has 1 aromatic heterocycles. The molecule has 2 N–H and O–H groups in total. The van der Waals surface area contributed by atoms with E-state index in [4.69, 9.17) is 0 Å². The Kier molecular flexibility index (Phi) is 5.60. The molecule has 0 unspecified atom stereocenters. The lowest BCUT2D eigenvalue weighted by molar-refractivity contribution is 0.168. The third-order valence-corrected chi connectivity index (χ3v) is 5.43. The van der Waals surface area contributed by atoms with Gasteiger partial charge in [0, 0.05) is 39.8 Å². The first-order valence-electron chi connectivity index (χ1n) is 8.54. The van der Waals surface area contributed by atoms with E-state index in [1.807, 2.05) is 26.2 Å². The highest BCUT2D eigenvalue weighted by Crippen LogP contribution is 2.21. The van der Waals surface area contributed by atoms with Crippen molar-refractivity contribution in [3.05, 3.63) is 51.7 Å². The zero-order chi connectivity index (χ0) is 17.8. The van der Waals surface area contributed by atoms with Gasteiger partial charge in [-0.05, 0) is 58.5 Å². The van der Waals surface area contributed by atoms with Crippen LogP contribution in [-0.2, 0) is 19.4 Å². The lowest BCUT2D eigenvalue weighted by atomic mass is 9.95. The maximum atomic E-state index is 12.6. The van der Waals surface area contributed by atoms with Crippen LogP contribution in [0.5, 0.6) is 5.75 Å². The van der Waals surface area contributed by atoms with E-state index in [0.29, 0.717) is 12.3 Å². The Morgan fingerprint density at radius 2 is 2.12 bits per heavy atom. The average Bonchev–Trinajstić information content (AvgIpc) is 3.12. The molecule has 25 heavy (non-hydrogen) atoms. The summed E-state index contributed by atoms with van der Waals surface area (Å²) in [6.07, 6.45) is 1.75. The fraction of sp³-hybridized carbons (Fsp3) is 0.421. The Hall–Kier alpha value is -2.05. The number of benzene rings is 1. The first-order valence-corrected chi connectivity index (χ1v) is 9.48. The molecule has 0 saturated heterocycles. The topological polar surface area (TPSA) is 55.8 Å². The van der Waals surface area contributed by atoms with Crippen LogP contribution in [0.25, 0.3) is 0 Å². The van der Waals surface area contributed by atoms with Crippen LogP contribution in [-0.4, -0.2) is 54.2 Å². The standard InChI is InChI=1S/C19H25N3O2S/c1-21(7-5-14-6-8-25-13-14)19(24)22(2)12-17-9-15-3-4-18(23)10-16(15)11-20-17/h3-4,6,8,10,13,17,20,23H,5,7,9,11-12H2,1-2H3/t17-/m0/s1. The highest BCUT2D eigenvalue weighted by Gasteiger charge is 2.22. The van der Waals surface area contributed by atoms with E-state index in [-0.39, 0.29) is 12.1 Å². The number of phenols is 1. The summed E-state index contributed by atoms with van der Waals surface area (Å²) in [5.41, 5.74) is 3.66. The Bertz CT molecular complexity index is 717. The van der Waals surface area contributed by atoms with Gasteiger partial charge >= 0.3 is 6.03 Å². The molecule has 0 fully saturated rings. The van der Waals surface area contributed by atoms with Crippen LogP contribution in [0.4, 0.5) is 4.79 Å². The molecule has 2 heterocycles.